The minimum Gasteiger partial charge on any atom is -0.342 e. The molecule has 0 radical (unpaired) electrons. The van der Waals surface area contributed by atoms with Gasteiger partial charge in [0, 0.05) is 39.0 Å². The number of hydrogen-bond donors (Lipinski definition) is 0. The van der Waals surface area contributed by atoms with Gasteiger partial charge in [-0.05, 0) is 12.8 Å². The molecule has 4 nitrogen and oxygen atoms in total. The molecule has 0 aliphatic carbocycles. The van der Waals surface area contributed by atoms with Crippen molar-refractivity contribution >= 4 is 11.7 Å². The molecular weight excluding hydrogens is 216 g/mol. The van der Waals surface area contributed by atoms with Crippen molar-refractivity contribution in [3.05, 3.63) is 0 Å². The molecule has 0 saturated carbocycles. The van der Waals surface area contributed by atoms with Crippen LogP contribution < -0.4 is 0 Å². The Hall–Kier alpha value is -0.900. The zero-order valence-electron chi connectivity index (χ0n) is 10.5. The second kappa shape index (κ2) is 6.15. The fourth-order valence-electron chi connectivity index (χ4n) is 2.57. The lowest BCUT2D eigenvalue weighted by molar-refractivity contribution is -0.134. The molecule has 96 valence electrons. The third-order valence-corrected chi connectivity index (χ3v) is 3.73. The number of Topliss-reactive ketones (excluding diaryl/α,β-unsaturated/α-hetero) is 1. The maximum atomic E-state index is 12.1. The van der Waals surface area contributed by atoms with Crippen LogP contribution in [-0.4, -0.2) is 54.2 Å². The topological polar surface area (TPSA) is 40.6 Å². The molecule has 2 fully saturated rings. The Kier molecular flexibility index (Phi) is 4.54. The van der Waals surface area contributed by atoms with E-state index in [0.29, 0.717) is 25.2 Å². The van der Waals surface area contributed by atoms with E-state index in [1.54, 1.807) is 0 Å². The van der Waals surface area contributed by atoms with Crippen molar-refractivity contribution in [2.45, 2.75) is 38.5 Å². The van der Waals surface area contributed by atoms with Gasteiger partial charge in [0.2, 0.25) is 5.91 Å². The molecule has 0 aromatic heterocycles. The molecule has 17 heavy (non-hydrogen) atoms. The summed E-state index contributed by atoms with van der Waals surface area (Å²) in [6, 6.07) is 0. The van der Waals surface area contributed by atoms with Crippen LogP contribution in [0, 0.1) is 0 Å². The molecule has 0 bridgehead atoms. The monoisotopic (exact) mass is 238 g/mol. The Morgan fingerprint density at radius 3 is 2.12 bits per heavy atom. The smallest absolute Gasteiger partial charge is 0.236 e. The largest absolute Gasteiger partial charge is 0.342 e. The van der Waals surface area contributed by atoms with Crippen LogP contribution in [0.5, 0.6) is 0 Å². The lowest BCUT2D eigenvalue weighted by Crippen LogP contribution is -2.43. The molecule has 2 aliphatic rings. The molecule has 1 amide bonds. The van der Waals surface area contributed by atoms with Crippen LogP contribution in [0.4, 0.5) is 0 Å². The Balaban J connectivity index is 1.77. The summed E-state index contributed by atoms with van der Waals surface area (Å²) in [7, 11) is 0. The highest BCUT2D eigenvalue weighted by Crippen LogP contribution is 2.11. The molecule has 4 heteroatoms. The van der Waals surface area contributed by atoms with Crippen LogP contribution in [0.1, 0.15) is 38.5 Å². The molecule has 0 spiro atoms. The van der Waals surface area contributed by atoms with E-state index in [1.165, 1.54) is 12.8 Å². The number of nitrogens with zero attached hydrogens (tertiary/aromatic N) is 2. The number of ketones is 1. The van der Waals surface area contributed by atoms with Crippen molar-refractivity contribution in [1.82, 2.24) is 9.80 Å². The van der Waals surface area contributed by atoms with Gasteiger partial charge in [-0.15, -0.1) is 0 Å². The lowest BCUT2D eigenvalue weighted by atomic mass is 10.1. The molecular formula is C13H22N2O2. The van der Waals surface area contributed by atoms with Crippen molar-refractivity contribution in [2.75, 3.05) is 32.7 Å². The number of piperidine rings is 1. The van der Waals surface area contributed by atoms with Crippen LogP contribution >= 0.6 is 0 Å². The van der Waals surface area contributed by atoms with Gasteiger partial charge in [0.05, 0.1) is 6.54 Å². The first-order valence-corrected chi connectivity index (χ1v) is 6.77. The lowest BCUT2D eigenvalue weighted by Gasteiger charge is -2.28. The van der Waals surface area contributed by atoms with E-state index in [2.05, 4.69) is 4.90 Å². The average Bonchev–Trinajstić information content (AvgIpc) is 2.61. The van der Waals surface area contributed by atoms with E-state index in [1.807, 2.05) is 4.90 Å². The second-order valence-corrected chi connectivity index (χ2v) is 5.11. The van der Waals surface area contributed by atoms with E-state index in [0.717, 1.165) is 39.0 Å². The molecule has 0 aromatic carbocycles. The third kappa shape index (κ3) is 3.80. The summed E-state index contributed by atoms with van der Waals surface area (Å²) in [5.41, 5.74) is 0. The van der Waals surface area contributed by atoms with Gasteiger partial charge in [0.1, 0.15) is 5.78 Å². The van der Waals surface area contributed by atoms with Crippen LogP contribution in [0.3, 0.4) is 0 Å². The standard InChI is InChI=1S/C13H22N2O2/c16-12-5-9-14(10-6-12)11-13(17)15-7-3-1-2-4-8-15/h1-11H2. The summed E-state index contributed by atoms with van der Waals surface area (Å²) < 4.78 is 0. The van der Waals surface area contributed by atoms with E-state index in [4.69, 9.17) is 0 Å². The van der Waals surface area contributed by atoms with Crippen molar-refractivity contribution < 1.29 is 9.59 Å². The van der Waals surface area contributed by atoms with Crippen LogP contribution in [0.15, 0.2) is 0 Å². The number of rotatable bonds is 2. The molecule has 2 saturated heterocycles. The minimum atomic E-state index is 0.251. The maximum absolute atomic E-state index is 12.1. The number of carbonyl (C=O) groups excluding carboxylic acids is 2. The highest BCUT2D eigenvalue weighted by molar-refractivity contribution is 5.81. The first kappa shape index (κ1) is 12.6. The molecule has 0 unspecified atom stereocenters. The van der Waals surface area contributed by atoms with E-state index < -0.39 is 0 Å². The first-order valence-electron chi connectivity index (χ1n) is 6.77. The second-order valence-electron chi connectivity index (χ2n) is 5.11. The average molecular weight is 238 g/mol. The van der Waals surface area contributed by atoms with Gasteiger partial charge in [0.25, 0.3) is 0 Å². The molecule has 2 heterocycles. The first-order chi connectivity index (χ1) is 8.25. The van der Waals surface area contributed by atoms with Gasteiger partial charge < -0.3 is 4.90 Å². The zero-order chi connectivity index (χ0) is 12.1. The van der Waals surface area contributed by atoms with Crippen LogP contribution in [-0.2, 0) is 9.59 Å². The van der Waals surface area contributed by atoms with Crippen molar-refractivity contribution in [3.63, 3.8) is 0 Å². The minimum absolute atomic E-state index is 0.251. The highest BCUT2D eigenvalue weighted by Gasteiger charge is 2.21. The summed E-state index contributed by atoms with van der Waals surface area (Å²) in [5, 5.41) is 0. The van der Waals surface area contributed by atoms with Crippen LogP contribution in [0.2, 0.25) is 0 Å². The van der Waals surface area contributed by atoms with E-state index >= 15 is 0 Å². The third-order valence-electron chi connectivity index (χ3n) is 3.73. The Morgan fingerprint density at radius 2 is 1.53 bits per heavy atom. The van der Waals surface area contributed by atoms with Gasteiger partial charge in [-0.1, -0.05) is 12.8 Å². The van der Waals surface area contributed by atoms with Gasteiger partial charge in [0.15, 0.2) is 0 Å². The van der Waals surface area contributed by atoms with E-state index in [9.17, 15) is 9.59 Å². The molecule has 0 aromatic rings. The van der Waals surface area contributed by atoms with Crippen molar-refractivity contribution in [2.24, 2.45) is 0 Å². The Morgan fingerprint density at radius 1 is 0.941 bits per heavy atom. The number of hydrogen-bond acceptors (Lipinski definition) is 3. The SMILES string of the molecule is O=C1CCN(CC(=O)N2CCCCCC2)CC1. The Bertz CT molecular complexity index is 273. The van der Waals surface area contributed by atoms with Gasteiger partial charge in [-0.3, -0.25) is 14.5 Å². The zero-order valence-corrected chi connectivity index (χ0v) is 10.5. The van der Waals surface area contributed by atoms with Gasteiger partial charge >= 0.3 is 0 Å². The summed E-state index contributed by atoms with van der Waals surface area (Å²) in [5.74, 6) is 0.588. The summed E-state index contributed by atoms with van der Waals surface area (Å²) >= 11 is 0. The van der Waals surface area contributed by atoms with Crippen LogP contribution in [0.25, 0.3) is 0 Å². The molecule has 0 atom stereocenters. The summed E-state index contributed by atoms with van der Waals surface area (Å²) in [6.07, 6.45) is 6.03. The fraction of sp³-hybridized carbons (Fsp3) is 0.846. The fourth-order valence-corrected chi connectivity index (χ4v) is 2.57. The molecule has 2 rings (SSSR count). The maximum Gasteiger partial charge on any atom is 0.236 e. The number of likely N-dealkylation sites (tertiary alicyclic amines) is 2. The van der Waals surface area contributed by atoms with E-state index in [-0.39, 0.29) is 5.91 Å². The summed E-state index contributed by atoms with van der Waals surface area (Å²) in [6.45, 7) is 3.88. The number of amides is 1. The Labute approximate surface area is 103 Å². The quantitative estimate of drug-likeness (QED) is 0.722. The predicted molar refractivity (Wildman–Crippen MR) is 65.7 cm³/mol. The predicted octanol–water partition coefficient (Wildman–Crippen LogP) is 1.05. The van der Waals surface area contributed by atoms with Crippen molar-refractivity contribution in [3.8, 4) is 0 Å². The van der Waals surface area contributed by atoms with Gasteiger partial charge in [-0.2, -0.15) is 0 Å². The van der Waals surface area contributed by atoms with Crippen molar-refractivity contribution in [1.29, 1.82) is 0 Å². The summed E-state index contributed by atoms with van der Waals surface area (Å²) in [4.78, 5) is 27.3. The molecule has 0 N–H and O–H groups in total. The van der Waals surface area contributed by atoms with Gasteiger partial charge in [-0.25, -0.2) is 0 Å². The normalized spacial score (nSPS) is 23.5. The molecule has 2 aliphatic heterocycles. The highest BCUT2D eigenvalue weighted by atomic mass is 16.2. The number of carbonyl (C=O) groups is 2.